The van der Waals surface area contributed by atoms with Crippen LogP contribution in [0.25, 0.3) is 10.8 Å². The molecule has 0 radical (unpaired) electrons. The van der Waals surface area contributed by atoms with E-state index in [1.807, 2.05) is 74.5 Å². The second-order valence-corrected chi connectivity index (χ2v) is 11.5. The van der Waals surface area contributed by atoms with Crippen molar-refractivity contribution in [1.82, 2.24) is 10.2 Å². The molecule has 0 heterocycles. The third-order valence-electron chi connectivity index (χ3n) is 6.63. The van der Waals surface area contributed by atoms with Gasteiger partial charge in [0.1, 0.15) is 17.7 Å². The predicted octanol–water partition coefficient (Wildman–Crippen LogP) is 5.95. The molecule has 0 bridgehead atoms. The first-order chi connectivity index (χ1) is 18.5. The average molecular weight is 548 g/mol. The van der Waals surface area contributed by atoms with E-state index in [0.29, 0.717) is 5.69 Å². The van der Waals surface area contributed by atoms with Crippen molar-refractivity contribution in [3.8, 4) is 0 Å². The molecule has 1 aliphatic carbocycles. The Bertz CT molecular complexity index is 1380. The number of rotatable bonds is 8. The van der Waals surface area contributed by atoms with E-state index in [4.69, 9.17) is 4.74 Å². The van der Waals surface area contributed by atoms with Crippen molar-refractivity contribution in [3.05, 3.63) is 77.4 Å². The molecule has 1 saturated carbocycles. The Labute approximate surface area is 235 Å². The van der Waals surface area contributed by atoms with Crippen LogP contribution in [0, 0.1) is 13.8 Å². The van der Waals surface area contributed by atoms with Crippen molar-refractivity contribution in [2.45, 2.75) is 71.2 Å². The van der Waals surface area contributed by atoms with Gasteiger partial charge in [0.25, 0.3) is 5.91 Å². The van der Waals surface area contributed by atoms with Gasteiger partial charge in [-0.2, -0.15) is 12.6 Å². The molecule has 0 aliphatic heterocycles. The summed E-state index contributed by atoms with van der Waals surface area (Å²) < 4.78 is 5.38. The van der Waals surface area contributed by atoms with E-state index in [0.717, 1.165) is 40.3 Å². The third kappa shape index (κ3) is 7.12. The Kier molecular flexibility index (Phi) is 8.54. The molecule has 2 N–H and O–H groups in total. The van der Waals surface area contributed by atoms with Gasteiger partial charge in [0, 0.05) is 17.5 Å². The fraction of sp³-hybridized carbons (Fsp3) is 0.387. The molecule has 1 fully saturated rings. The number of hydrogen-bond acceptors (Lipinski definition) is 5. The summed E-state index contributed by atoms with van der Waals surface area (Å²) in [4.78, 5) is 42.2. The summed E-state index contributed by atoms with van der Waals surface area (Å²) in [6.45, 7) is 9.21. The first-order valence-electron chi connectivity index (χ1n) is 13.3. The minimum absolute atomic E-state index is 0.0627. The number of carbonyl (C=O) groups is 3. The van der Waals surface area contributed by atoms with Crippen molar-refractivity contribution in [2.75, 3.05) is 11.1 Å². The number of nitrogens with zero attached hydrogens (tertiary/aromatic N) is 1. The Hall–Kier alpha value is -3.52. The smallest absolute Gasteiger partial charge is 0.408 e. The monoisotopic (exact) mass is 547 g/mol. The van der Waals surface area contributed by atoms with Crippen molar-refractivity contribution in [3.63, 3.8) is 0 Å². The van der Waals surface area contributed by atoms with Crippen molar-refractivity contribution in [2.24, 2.45) is 0 Å². The van der Waals surface area contributed by atoms with Gasteiger partial charge in [0.15, 0.2) is 0 Å². The van der Waals surface area contributed by atoms with Gasteiger partial charge in [0.05, 0.1) is 0 Å². The van der Waals surface area contributed by atoms with Crippen LogP contribution < -0.4 is 10.6 Å². The maximum Gasteiger partial charge on any atom is 0.408 e. The van der Waals surface area contributed by atoms with E-state index in [-0.39, 0.29) is 23.6 Å². The molecule has 2 unspecified atom stereocenters. The van der Waals surface area contributed by atoms with Crippen molar-refractivity contribution < 1.29 is 19.1 Å². The molecular weight excluding hydrogens is 510 g/mol. The Morgan fingerprint density at radius 3 is 2.31 bits per heavy atom. The van der Waals surface area contributed by atoms with Crippen molar-refractivity contribution in [1.29, 1.82) is 0 Å². The molecule has 4 rings (SSSR count). The van der Waals surface area contributed by atoms with Crippen LogP contribution in [0.3, 0.4) is 0 Å². The number of anilines is 1. The molecule has 3 amide bonds. The number of benzene rings is 3. The topological polar surface area (TPSA) is 87.7 Å². The Balaban J connectivity index is 1.69. The van der Waals surface area contributed by atoms with Crippen LogP contribution in [0.15, 0.2) is 60.7 Å². The van der Waals surface area contributed by atoms with Crippen LogP contribution in [-0.2, 0) is 14.3 Å². The Morgan fingerprint density at radius 2 is 1.69 bits per heavy atom. The average Bonchev–Trinajstić information content (AvgIpc) is 3.70. The first kappa shape index (κ1) is 28.5. The normalized spacial score (nSPS) is 14.8. The second-order valence-electron chi connectivity index (χ2n) is 11.2. The number of thiol groups is 1. The van der Waals surface area contributed by atoms with Crippen LogP contribution >= 0.6 is 12.6 Å². The van der Waals surface area contributed by atoms with E-state index in [2.05, 4.69) is 23.3 Å². The molecule has 7 nitrogen and oxygen atoms in total. The lowest BCUT2D eigenvalue weighted by Gasteiger charge is -2.35. The van der Waals surface area contributed by atoms with Gasteiger partial charge in [-0.15, -0.1) is 0 Å². The SMILES string of the molecule is Cc1ccc(C(C(=O)Nc2ccc3ccccc3c2)N(C(=O)C(CS)NC(=O)OC(C)(C)C)C2CC2)c(C)c1. The number of alkyl carbamates (subject to hydrolysis) is 1. The molecule has 39 heavy (non-hydrogen) atoms. The van der Waals surface area contributed by atoms with Crippen molar-refractivity contribution >= 4 is 47.0 Å². The van der Waals surface area contributed by atoms with Crippen LogP contribution in [0.5, 0.6) is 0 Å². The molecule has 0 aromatic heterocycles. The fourth-order valence-electron chi connectivity index (χ4n) is 4.71. The molecular formula is C31H37N3O4S. The summed E-state index contributed by atoms with van der Waals surface area (Å²) in [6, 6.07) is 17.6. The van der Waals surface area contributed by atoms with Gasteiger partial charge in [-0.3, -0.25) is 9.59 Å². The number of aryl methyl sites for hydroxylation is 2. The summed E-state index contributed by atoms with van der Waals surface area (Å²) in [7, 11) is 0. The van der Waals surface area contributed by atoms with Gasteiger partial charge in [0.2, 0.25) is 5.91 Å². The molecule has 0 saturated heterocycles. The number of nitrogens with one attached hydrogen (secondary N) is 2. The van der Waals surface area contributed by atoms with Gasteiger partial charge in [-0.05, 0) is 81.5 Å². The highest BCUT2D eigenvalue weighted by Crippen LogP contribution is 2.37. The molecule has 3 aromatic carbocycles. The van der Waals surface area contributed by atoms with E-state index in [9.17, 15) is 14.4 Å². The highest BCUT2D eigenvalue weighted by molar-refractivity contribution is 7.80. The lowest BCUT2D eigenvalue weighted by molar-refractivity contribution is -0.141. The van der Waals surface area contributed by atoms with Crippen LogP contribution in [-0.4, -0.2) is 46.2 Å². The van der Waals surface area contributed by atoms with Crippen LogP contribution in [0.1, 0.15) is 56.3 Å². The van der Waals surface area contributed by atoms with Gasteiger partial charge < -0.3 is 20.3 Å². The van der Waals surface area contributed by atoms with Crippen LogP contribution in [0.2, 0.25) is 0 Å². The summed E-state index contributed by atoms with van der Waals surface area (Å²) in [5.74, 6) is -0.614. The first-order valence-corrected chi connectivity index (χ1v) is 13.9. The molecule has 2 atom stereocenters. The van der Waals surface area contributed by atoms with E-state index in [1.54, 1.807) is 25.7 Å². The highest BCUT2D eigenvalue weighted by atomic mass is 32.1. The zero-order valence-electron chi connectivity index (χ0n) is 23.2. The third-order valence-corrected chi connectivity index (χ3v) is 6.99. The summed E-state index contributed by atoms with van der Waals surface area (Å²) in [5.41, 5.74) is 2.65. The van der Waals surface area contributed by atoms with Gasteiger partial charge in [-0.1, -0.05) is 54.1 Å². The predicted molar refractivity (Wildman–Crippen MR) is 158 cm³/mol. The van der Waals surface area contributed by atoms with Crippen LogP contribution in [0.4, 0.5) is 10.5 Å². The number of fused-ring (bicyclic) bond motifs is 1. The molecule has 3 aromatic rings. The van der Waals surface area contributed by atoms with E-state index in [1.165, 1.54) is 0 Å². The largest absolute Gasteiger partial charge is 0.444 e. The van der Waals surface area contributed by atoms with Gasteiger partial charge >= 0.3 is 6.09 Å². The summed E-state index contributed by atoms with van der Waals surface area (Å²) >= 11 is 4.36. The van der Waals surface area contributed by atoms with E-state index < -0.39 is 23.8 Å². The molecule has 8 heteroatoms. The minimum Gasteiger partial charge on any atom is -0.444 e. The quantitative estimate of drug-likeness (QED) is 0.304. The maximum atomic E-state index is 14.0. The molecule has 0 spiro atoms. The zero-order valence-corrected chi connectivity index (χ0v) is 24.0. The van der Waals surface area contributed by atoms with E-state index >= 15 is 0 Å². The highest BCUT2D eigenvalue weighted by Gasteiger charge is 2.44. The summed E-state index contributed by atoms with van der Waals surface area (Å²) in [6.07, 6.45) is 0.860. The van der Waals surface area contributed by atoms with Gasteiger partial charge in [-0.25, -0.2) is 4.79 Å². The number of carbonyl (C=O) groups excluding carboxylic acids is 3. The number of amides is 3. The standard InChI is InChI=1S/C31H37N3O4S/c1-19-10-15-25(20(2)16-19)27(28(35)32-23-12-11-21-8-6-7-9-22(21)17-23)34(24-13-14-24)29(36)26(18-39)33-30(37)38-31(3,4)5/h6-12,15-17,24,26-27,39H,13-14,18H2,1-5H3,(H,32,35)(H,33,37). The molecule has 1 aliphatic rings. The maximum absolute atomic E-state index is 14.0. The molecule has 206 valence electrons. The lowest BCUT2D eigenvalue weighted by Crippen LogP contribution is -2.54. The number of ether oxygens (including phenoxy) is 1. The Morgan fingerprint density at radius 1 is 1.00 bits per heavy atom. The minimum atomic E-state index is -0.953. The number of hydrogen-bond donors (Lipinski definition) is 3. The second kappa shape index (κ2) is 11.7. The summed E-state index contributed by atoms with van der Waals surface area (Å²) in [5, 5.41) is 7.80. The lowest BCUT2D eigenvalue weighted by atomic mass is 9.96. The zero-order chi connectivity index (χ0) is 28.3. The fourth-order valence-corrected chi connectivity index (χ4v) is 4.96.